The molecule has 0 aromatic heterocycles. The van der Waals surface area contributed by atoms with Gasteiger partial charge in [0.15, 0.2) is 0 Å². The fraction of sp³-hybridized carbons (Fsp3) is 0.455. The van der Waals surface area contributed by atoms with Crippen LogP contribution >= 0.6 is 0 Å². The Labute approximate surface area is 87.9 Å². The van der Waals surface area contributed by atoms with Crippen LogP contribution in [-0.4, -0.2) is 30.4 Å². The van der Waals surface area contributed by atoms with Gasteiger partial charge in [-0.15, -0.1) is 0 Å². The number of hydrogen-bond donors (Lipinski definition) is 2. The summed E-state index contributed by atoms with van der Waals surface area (Å²) >= 11 is 0. The van der Waals surface area contributed by atoms with Crippen molar-refractivity contribution in [1.29, 1.82) is 0 Å². The summed E-state index contributed by atoms with van der Waals surface area (Å²) in [6.45, 7) is 2.86. The Morgan fingerprint density at radius 2 is 2.27 bits per heavy atom. The first-order valence-electron chi connectivity index (χ1n) is 4.98. The van der Waals surface area contributed by atoms with Gasteiger partial charge in [0, 0.05) is 13.1 Å². The van der Waals surface area contributed by atoms with Gasteiger partial charge in [0.25, 0.3) is 0 Å². The number of aliphatic hydroxyl groups is 1. The van der Waals surface area contributed by atoms with Crippen molar-refractivity contribution in [3.05, 3.63) is 29.6 Å². The SMILES string of the molecule is Cc1cc(OC2CNCC2O)ccc1F. The molecule has 1 saturated heterocycles. The average Bonchev–Trinajstić information content (AvgIpc) is 2.59. The zero-order chi connectivity index (χ0) is 10.8. The van der Waals surface area contributed by atoms with E-state index in [0.717, 1.165) is 0 Å². The van der Waals surface area contributed by atoms with Gasteiger partial charge in [-0.1, -0.05) is 0 Å². The lowest BCUT2D eigenvalue weighted by atomic mass is 10.2. The third-order valence-electron chi connectivity index (χ3n) is 2.55. The molecule has 0 aliphatic carbocycles. The summed E-state index contributed by atoms with van der Waals surface area (Å²) in [6, 6.07) is 4.59. The van der Waals surface area contributed by atoms with Crippen molar-refractivity contribution in [1.82, 2.24) is 5.32 Å². The summed E-state index contributed by atoms with van der Waals surface area (Å²) in [6.07, 6.45) is -0.731. The van der Waals surface area contributed by atoms with E-state index in [4.69, 9.17) is 4.74 Å². The van der Waals surface area contributed by atoms with E-state index < -0.39 is 6.10 Å². The highest BCUT2D eigenvalue weighted by Gasteiger charge is 2.26. The number of β-amino-alcohol motifs (C(OH)–C–C–N with tert-alkyl or cyclic N) is 1. The number of aryl methyl sites for hydroxylation is 1. The van der Waals surface area contributed by atoms with E-state index >= 15 is 0 Å². The van der Waals surface area contributed by atoms with Crippen molar-refractivity contribution in [3.63, 3.8) is 0 Å². The molecule has 2 atom stereocenters. The van der Waals surface area contributed by atoms with E-state index in [1.54, 1.807) is 19.1 Å². The minimum Gasteiger partial charge on any atom is -0.486 e. The molecule has 2 rings (SSSR count). The first kappa shape index (κ1) is 10.4. The van der Waals surface area contributed by atoms with Crippen LogP contribution in [0.4, 0.5) is 4.39 Å². The Balaban J connectivity index is 2.07. The normalized spacial score (nSPS) is 25.5. The van der Waals surface area contributed by atoms with Crippen LogP contribution in [-0.2, 0) is 0 Å². The summed E-state index contributed by atoms with van der Waals surface area (Å²) in [7, 11) is 0. The van der Waals surface area contributed by atoms with Gasteiger partial charge >= 0.3 is 0 Å². The third-order valence-corrected chi connectivity index (χ3v) is 2.55. The van der Waals surface area contributed by atoms with Gasteiger partial charge in [0.2, 0.25) is 0 Å². The lowest BCUT2D eigenvalue weighted by Crippen LogP contribution is -2.29. The van der Waals surface area contributed by atoms with Crippen molar-refractivity contribution in [3.8, 4) is 5.75 Å². The van der Waals surface area contributed by atoms with Gasteiger partial charge in [-0.25, -0.2) is 4.39 Å². The van der Waals surface area contributed by atoms with Crippen LogP contribution in [0.5, 0.6) is 5.75 Å². The maximum atomic E-state index is 13.0. The summed E-state index contributed by atoms with van der Waals surface area (Å²) < 4.78 is 18.5. The molecule has 2 unspecified atom stereocenters. The van der Waals surface area contributed by atoms with Crippen LogP contribution in [0.25, 0.3) is 0 Å². The number of benzene rings is 1. The number of hydrogen-bond acceptors (Lipinski definition) is 3. The van der Waals surface area contributed by atoms with Crippen LogP contribution in [0, 0.1) is 12.7 Å². The van der Waals surface area contributed by atoms with Crippen molar-refractivity contribution < 1.29 is 14.2 Å². The Morgan fingerprint density at radius 3 is 2.87 bits per heavy atom. The number of nitrogens with one attached hydrogen (secondary N) is 1. The van der Waals surface area contributed by atoms with Crippen LogP contribution in [0.3, 0.4) is 0 Å². The molecular weight excluding hydrogens is 197 g/mol. The topological polar surface area (TPSA) is 41.5 Å². The molecule has 1 aliphatic rings. The lowest BCUT2D eigenvalue weighted by Gasteiger charge is -2.16. The maximum Gasteiger partial charge on any atom is 0.138 e. The van der Waals surface area contributed by atoms with Crippen LogP contribution in [0.1, 0.15) is 5.56 Å². The summed E-state index contributed by atoms with van der Waals surface area (Å²) in [4.78, 5) is 0. The number of aliphatic hydroxyl groups excluding tert-OH is 1. The fourth-order valence-electron chi connectivity index (χ4n) is 1.63. The minimum absolute atomic E-state index is 0.241. The second-order valence-corrected chi connectivity index (χ2v) is 3.79. The highest BCUT2D eigenvalue weighted by atomic mass is 19.1. The smallest absolute Gasteiger partial charge is 0.138 e. The number of ether oxygens (including phenoxy) is 1. The third kappa shape index (κ3) is 2.27. The van der Waals surface area contributed by atoms with Gasteiger partial charge in [-0.05, 0) is 30.7 Å². The molecule has 0 spiro atoms. The van der Waals surface area contributed by atoms with E-state index in [2.05, 4.69) is 5.32 Å². The number of rotatable bonds is 2. The fourth-order valence-corrected chi connectivity index (χ4v) is 1.63. The molecule has 1 aromatic carbocycles. The van der Waals surface area contributed by atoms with Gasteiger partial charge in [0.1, 0.15) is 23.8 Å². The van der Waals surface area contributed by atoms with Crippen LogP contribution in [0.15, 0.2) is 18.2 Å². The molecular formula is C11H14FNO2. The first-order chi connectivity index (χ1) is 7.16. The summed E-state index contributed by atoms with van der Waals surface area (Å²) in [5.41, 5.74) is 0.549. The monoisotopic (exact) mass is 211 g/mol. The highest BCUT2D eigenvalue weighted by molar-refractivity contribution is 5.29. The van der Waals surface area contributed by atoms with Crippen molar-refractivity contribution in [2.24, 2.45) is 0 Å². The second kappa shape index (κ2) is 4.16. The maximum absolute atomic E-state index is 13.0. The average molecular weight is 211 g/mol. The van der Waals surface area contributed by atoms with E-state index in [0.29, 0.717) is 24.4 Å². The minimum atomic E-state index is -0.490. The molecule has 3 nitrogen and oxygen atoms in total. The Bertz CT molecular complexity index is 356. The molecule has 1 aromatic rings. The summed E-state index contributed by atoms with van der Waals surface area (Å²) in [5.74, 6) is 0.356. The largest absolute Gasteiger partial charge is 0.486 e. The molecule has 1 heterocycles. The number of halogens is 1. The zero-order valence-corrected chi connectivity index (χ0v) is 8.53. The van der Waals surface area contributed by atoms with Crippen molar-refractivity contribution in [2.75, 3.05) is 13.1 Å². The van der Waals surface area contributed by atoms with E-state index in [1.807, 2.05) is 0 Å². The van der Waals surface area contributed by atoms with E-state index in [9.17, 15) is 9.50 Å². The molecule has 82 valence electrons. The molecule has 0 saturated carbocycles. The van der Waals surface area contributed by atoms with Gasteiger partial charge in [-0.3, -0.25) is 0 Å². The van der Waals surface area contributed by atoms with Gasteiger partial charge in [-0.2, -0.15) is 0 Å². The predicted molar refractivity (Wildman–Crippen MR) is 54.4 cm³/mol. The first-order valence-corrected chi connectivity index (χ1v) is 4.98. The predicted octanol–water partition coefficient (Wildman–Crippen LogP) is 0.846. The van der Waals surface area contributed by atoms with Crippen LogP contribution in [0.2, 0.25) is 0 Å². The van der Waals surface area contributed by atoms with Crippen molar-refractivity contribution in [2.45, 2.75) is 19.1 Å². The zero-order valence-electron chi connectivity index (χ0n) is 8.53. The molecule has 2 N–H and O–H groups in total. The standard InChI is InChI=1S/C11H14FNO2/c1-7-4-8(2-3-9(7)12)15-11-6-13-5-10(11)14/h2-4,10-11,13-14H,5-6H2,1H3. The molecule has 0 radical (unpaired) electrons. The quantitative estimate of drug-likeness (QED) is 0.762. The molecule has 4 heteroatoms. The van der Waals surface area contributed by atoms with Crippen LogP contribution < -0.4 is 10.1 Å². The Morgan fingerprint density at radius 1 is 1.47 bits per heavy atom. The Kier molecular flexibility index (Phi) is 2.88. The molecule has 0 amide bonds. The van der Waals surface area contributed by atoms with Crippen molar-refractivity contribution >= 4 is 0 Å². The second-order valence-electron chi connectivity index (χ2n) is 3.79. The highest BCUT2D eigenvalue weighted by Crippen LogP contribution is 2.18. The van der Waals surface area contributed by atoms with Gasteiger partial charge < -0.3 is 15.2 Å². The summed E-state index contributed by atoms with van der Waals surface area (Å²) in [5, 5.41) is 12.5. The molecule has 1 fully saturated rings. The molecule has 1 aliphatic heterocycles. The van der Waals surface area contributed by atoms with E-state index in [-0.39, 0.29) is 11.9 Å². The molecule has 0 bridgehead atoms. The lowest BCUT2D eigenvalue weighted by molar-refractivity contribution is 0.0737. The Hall–Kier alpha value is -1.13. The molecule has 15 heavy (non-hydrogen) atoms. The van der Waals surface area contributed by atoms with Gasteiger partial charge in [0.05, 0.1) is 0 Å². The van der Waals surface area contributed by atoms with E-state index in [1.165, 1.54) is 6.07 Å².